The molecule has 0 saturated carbocycles. The Morgan fingerprint density at radius 1 is 0.862 bits per heavy atom. The van der Waals surface area contributed by atoms with E-state index < -0.39 is 0 Å². The zero-order valence-corrected chi connectivity index (χ0v) is 16.3. The molecule has 0 aliphatic carbocycles. The molecule has 3 aromatic rings. The lowest BCUT2D eigenvalue weighted by molar-refractivity contribution is 0.0664. The van der Waals surface area contributed by atoms with Gasteiger partial charge in [0.05, 0.1) is 11.1 Å². The third-order valence-electron chi connectivity index (χ3n) is 4.73. The van der Waals surface area contributed by atoms with E-state index in [1.165, 1.54) is 16.7 Å². The van der Waals surface area contributed by atoms with Gasteiger partial charge in [0.1, 0.15) is 0 Å². The van der Waals surface area contributed by atoms with Gasteiger partial charge in [-0.2, -0.15) is 0 Å². The van der Waals surface area contributed by atoms with Gasteiger partial charge in [0.2, 0.25) is 0 Å². The van der Waals surface area contributed by atoms with Gasteiger partial charge in [-0.05, 0) is 30.3 Å². The molecule has 1 aliphatic rings. The number of fused-ring (bicyclic) bond motifs is 1. The third-order valence-corrected chi connectivity index (χ3v) is 5.79. The SMILES string of the molecule is Nc1ccc(SCCN2C(=O)c3ccccc3C2=O)c(C(=O)c2ccccc2)c1. The maximum absolute atomic E-state index is 12.9. The average Bonchev–Trinajstić information content (AvgIpc) is 3.00. The molecule has 0 atom stereocenters. The Kier molecular flexibility index (Phi) is 5.18. The number of hydrogen-bond acceptors (Lipinski definition) is 5. The zero-order valence-electron chi connectivity index (χ0n) is 15.5. The minimum absolute atomic E-state index is 0.110. The summed E-state index contributed by atoms with van der Waals surface area (Å²) in [5.74, 6) is -0.181. The van der Waals surface area contributed by atoms with Crippen LogP contribution in [0.3, 0.4) is 0 Å². The monoisotopic (exact) mass is 402 g/mol. The van der Waals surface area contributed by atoms with E-state index >= 15 is 0 Å². The lowest BCUT2D eigenvalue weighted by Crippen LogP contribution is -2.31. The quantitative estimate of drug-likeness (QED) is 0.293. The van der Waals surface area contributed by atoms with Crippen LogP contribution >= 0.6 is 11.8 Å². The number of nitrogens with zero attached hydrogens (tertiary/aromatic N) is 1. The molecule has 144 valence electrons. The summed E-state index contributed by atoms with van der Waals surface area (Å²) in [6, 6.07) is 21.0. The molecule has 0 aromatic heterocycles. The van der Waals surface area contributed by atoms with E-state index in [1.807, 2.05) is 18.2 Å². The van der Waals surface area contributed by atoms with Gasteiger partial charge in [0.15, 0.2) is 5.78 Å². The van der Waals surface area contributed by atoms with Crippen molar-refractivity contribution in [3.8, 4) is 0 Å². The van der Waals surface area contributed by atoms with E-state index in [2.05, 4.69) is 0 Å². The van der Waals surface area contributed by atoms with E-state index in [1.54, 1.807) is 54.6 Å². The maximum atomic E-state index is 12.9. The van der Waals surface area contributed by atoms with E-state index in [9.17, 15) is 14.4 Å². The number of amides is 2. The van der Waals surface area contributed by atoms with Gasteiger partial charge in [0, 0.05) is 34.0 Å². The van der Waals surface area contributed by atoms with Crippen molar-refractivity contribution in [1.82, 2.24) is 4.90 Å². The predicted molar refractivity (Wildman–Crippen MR) is 113 cm³/mol. The zero-order chi connectivity index (χ0) is 20.4. The molecule has 0 saturated heterocycles. The van der Waals surface area contributed by atoms with E-state index in [0.717, 1.165) is 4.90 Å². The Hall–Kier alpha value is -3.38. The standard InChI is InChI=1S/C23H18N2O3S/c24-16-10-11-20(19(14-16)21(26)15-6-2-1-3-7-15)29-13-12-25-22(27)17-8-4-5-9-18(17)23(25)28/h1-11,14H,12-13,24H2. The molecule has 1 aliphatic heterocycles. The summed E-state index contributed by atoms with van der Waals surface area (Å²) in [6.45, 7) is 0.264. The normalized spacial score (nSPS) is 12.9. The van der Waals surface area contributed by atoms with Crippen LogP contribution in [0.15, 0.2) is 77.7 Å². The predicted octanol–water partition coefficient (Wildman–Crippen LogP) is 3.89. The van der Waals surface area contributed by atoms with Crippen molar-refractivity contribution in [2.45, 2.75) is 4.90 Å². The van der Waals surface area contributed by atoms with Crippen LogP contribution in [-0.2, 0) is 0 Å². The topological polar surface area (TPSA) is 80.5 Å². The molecule has 4 rings (SSSR count). The van der Waals surface area contributed by atoms with Crippen LogP contribution in [0.25, 0.3) is 0 Å². The maximum Gasteiger partial charge on any atom is 0.261 e. The Morgan fingerprint density at radius 2 is 1.48 bits per heavy atom. The summed E-state index contributed by atoms with van der Waals surface area (Å²) in [7, 11) is 0. The summed E-state index contributed by atoms with van der Waals surface area (Å²) in [5.41, 5.74) is 8.39. The lowest BCUT2D eigenvalue weighted by Gasteiger charge is -2.14. The number of rotatable bonds is 6. The van der Waals surface area contributed by atoms with Crippen LogP contribution in [0.1, 0.15) is 36.6 Å². The number of thioether (sulfide) groups is 1. The number of anilines is 1. The van der Waals surface area contributed by atoms with Gasteiger partial charge in [-0.1, -0.05) is 42.5 Å². The molecule has 3 aromatic carbocycles. The summed E-state index contributed by atoms with van der Waals surface area (Å²) >= 11 is 1.43. The molecular weight excluding hydrogens is 384 g/mol. The lowest BCUT2D eigenvalue weighted by atomic mass is 10.0. The fourth-order valence-corrected chi connectivity index (χ4v) is 4.25. The van der Waals surface area contributed by atoms with Gasteiger partial charge >= 0.3 is 0 Å². The minimum Gasteiger partial charge on any atom is -0.399 e. The Bertz CT molecular complexity index is 1080. The first kappa shape index (κ1) is 19.0. The number of nitrogens with two attached hydrogens (primary N) is 1. The third kappa shape index (κ3) is 3.67. The first-order chi connectivity index (χ1) is 14.1. The van der Waals surface area contributed by atoms with Crippen molar-refractivity contribution in [2.75, 3.05) is 18.0 Å². The number of nitrogen functional groups attached to an aromatic ring is 1. The first-order valence-electron chi connectivity index (χ1n) is 9.13. The van der Waals surface area contributed by atoms with E-state index in [-0.39, 0.29) is 24.1 Å². The molecule has 5 nitrogen and oxygen atoms in total. The molecule has 1 heterocycles. The molecule has 0 unspecified atom stereocenters. The molecule has 0 bridgehead atoms. The molecular formula is C23H18N2O3S. The fourth-order valence-electron chi connectivity index (χ4n) is 3.29. The molecule has 6 heteroatoms. The molecule has 2 amide bonds. The number of imide groups is 1. The van der Waals surface area contributed by atoms with Crippen molar-refractivity contribution in [3.63, 3.8) is 0 Å². The van der Waals surface area contributed by atoms with Crippen LogP contribution in [-0.4, -0.2) is 34.8 Å². The van der Waals surface area contributed by atoms with Crippen LogP contribution in [0.4, 0.5) is 5.69 Å². The van der Waals surface area contributed by atoms with Crippen LogP contribution in [0, 0.1) is 0 Å². The second-order valence-corrected chi connectivity index (χ2v) is 7.74. The Balaban J connectivity index is 1.49. The van der Waals surface area contributed by atoms with Crippen LogP contribution < -0.4 is 5.73 Å². The van der Waals surface area contributed by atoms with Gasteiger partial charge in [-0.3, -0.25) is 19.3 Å². The minimum atomic E-state index is -0.274. The fraction of sp³-hybridized carbons (Fsp3) is 0.0870. The molecule has 2 N–H and O–H groups in total. The van der Waals surface area contributed by atoms with Crippen LogP contribution in [0.5, 0.6) is 0 Å². The molecule has 29 heavy (non-hydrogen) atoms. The van der Waals surface area contributed by atoms with Crippen molar-refractivity contribution in [3.05, 3.63) is 95.1 Å². The largest absolute Gasteiger partial charge is 0.399 e. The first-order valence-corrected chi connectivity index (χ1v) is 10.1. The number of carbonyl (C=O) groups is 3. The summed E-state index contributed by atoms with van der Waals surface area (Å²) < 4.78 is 0. The van der Waals surface area contributed by atoms with Gasteiger partial charge in [0.25, 0.3) is 11.8 Å². The van der Waals surface area contributed by atoms with Crippen molar-refractivity contribution < 1.29 is 14.4 Å². The number of benzene rings is 3. The Labute approximate surface area is 172 Å². The van der Waals surface area contributed by atoms with Gasteiger partial charge in [-0.15, -0.1) is 11.8 Å². The summed E-state index contributed by atoms with van der Waals surface area (Å²) in [6.07, 6.45) is 0. The van der Waals surface area contributed by atoms with E-state index in [0.29, 0.717) is 33.7 Å². The highest BCUT2D eigenvalue weighted by atomic mass is 32.2. The highest BCUT2D eigenvalue weighted by molar-refractivity contribution is 7.99. The number of hydrogen-bond donors (Lipinski definition) is 1. The van der Waals surface area contributed by atoms with Gasteiger partial charge < -0.3 is 5.73 Å². The number of ketones is 1. The average molecular weight is 402 g/mol. The van der Waals surface area contributed by atoms with Crippen molar-refractivity contribution in [2.24, 2.45) is 0 Å². The summed E-state index contributed by atoms with van der Waals surface area (Å²) in [5, 5.41) is 0. The van der Waals surface area contributed by atoms with Crippen molar-refractivity contribution in [1.29, 1.82) is 0 Å². The highest BCUT2D eigenvalue weighted by Crippen LogP contribution is 2.28. The van der Waals surface area contributed by atoms with E-state index in [4.69, 9.17) is 5.73 Å². The summed E-state index contributed by atoms with van der Waals surface area (Å²) in [4.78, 5) is 39.9. The van der Waals surface area contributed by atoms with Gasteiger partial charge in [-0.25, -0.2) is 0 Å². The second-order valence-electron chi connectivity index (χ2n) is 6.61. The molecule has 0 fully saturated rings. The molecule has 0 radical (unpaired) electrons. The second kappa shape index (κ2) is 7.93. The van der Waals surface area contributed by atoms with Crippen LogP contribution in [0.2, 0.25) is 0 Å². The molecule has 0 spiro atoms. The Morgan fingerprint density at radius 3 is 2.14 bits per heavy atom. The van der Waals surface area contributed by atoms with Crippen molar-refractivity contribution >= 4 is 35.0 Å². The highest BCUT2D eigenvalue weighted by Gasteiger charge is 2.34. The number of carbonyl (C=O) groups excluding carboxylic acids is 3. The smallest absolute Gasteiger partial charge is 0.261 e.